The van der Waals surface area contributed by atoms with E-state index in [0.29, 0.717) is 171 Å². The average molecular weight is 903 g/mol. The van der Waals surface area contributed by atoms with Crippen LogP contribution < -0.4 is 11.5 Å². The Morgan fingerprint density at radius 1 is 0.650 bits per heavy atom. The Morgan fingerprint density at radius 2 is 1.03 bits per heavy atom. The summed E-state index contributed by atoms with van der Waals surface area (Å²) >= 11 is 0. The maximum absolute atomic E-state index is 11.5. The second-order valence-corrected chi connectivity index (χ2v) is 17.1. The Kier molecular flexibility index (Phi) is 40.2. The molecule has 1 aromatic heterocycles. The van der Waals surface area contributed by atoms with Crippen LogP contribution in [0.1, 0.15) is 20.5 Å². The molecule has 2 fully saturated rings. The monoisotopic (exact) mass is 902 g/mol. The number of nitrogens with zero attached hydrogens (tertiary/aromatic N) is 8. The van der Waals surface area contributed by atoms with Crippen molar-refractivity contribution in [2.24, 2.45) is 16.6 Å². The molecule has 352 valence electrons. The summed E-state index contributed by atoms with van der Waals surface area (Å²) in [5.41, 5.74) is 19.4. The molecule has 4 N–H and O–H groups in total. The molecule has 0 radical (unpaired) electrons. The maximum Gasteiger partial charge on any atom is 0.152 e. The van der Waals surface area contributed by atoms with E-state index in [9.17, 15) is 16.8 Å². The molecule has 1 aromatic rings. The molecule has 3 rings (SSSR count). The third-order valence-corrected chi connectivity index (χ3v) is 11.0. The Balaban J connectivity index is 0. The Morgan fingerprint density at radius 3 is 1.43 bits per heavy atom. The Hall–Kier alpha value is -2.57. The van der Waals surface area contributed by atoms with E-state index in [1.165, 1.54) is 0 Å². The minimum Gasteiger partial charge on any atom is -0.379 e. The van der Waals surface area contributed by atoms with E-state index in [1.54, 1.807) is 4.68 Å². The first-order chi connectivity index (χ1) is 28.1. The molecule has 0 amide bonds. The fraction of sp³-hybridized carbons (Fsp3) is 0.889. The second-order valence-electron chi connectivity index (χ2n) is 12.5. The highest BCUT2D eigenvalue weighted by atomic mass is 32.2. The van der Waals surface area contributed by atoms with E-state index in [2.05, 4.69) is 31.2 Å². The molecular formula is C36H74N10O12S2. The lowest BCUT2D eigenvalue weighted by molar-refractivity contribution is -0.00200. The summed E-state index contributed by atoms with van der Waals surface area (Å²) in [6, 6.07) is 0. The van der Waals surface area contributed by atoms with Crippen LogP contribution in [0.3, 0.4) is 0 Å². The molecule has 2 aliphatic rings. The second kappa shape index (κ2) is 40.5. The van der Waals surface area contributed by atoms with Crippen LogP contribution in [0.5, 0.6) is 0 Å². The molecule has 0 spiro atoms. The molecule has 0 bridgehead atoms. The quantitative estimate of drug-likeness (QED) is 0.0312. The van der Waals surface area contributed by atoms with E-state index in [-0.39, 0.29) is 37.9 Å². The van der Waals surface area contributed by atoms with Gasteiger partial charge in [-0.2, -0.15) is 0 Å². The molecule has 2 saturated heterocycles. The molecular weight excluding hydrogens is 829 g/mol. The van der Waals surface area contributed by atoms with Gasteiger partial charge in [0, 0.05) is 63.5 Å². The van der Waals surface area contributed by atoms with Crippen LogP contribution >= 0.6 is 0 Å². The van der Waals surface area contributed by atoms with Gasteiger partial charge in [-0.05, 0) is 5.53 Å². The summed E-state index contributed by atoms with van der Waals surface area (Å²) < 4.78 is 88.8. The van der Waals surface area contributed by atoms with Crippen molar-refractivity contribution in [2.45, 2.75) is 27.9 Å². The highest BCUT2D eigenvalue weighted by Gasteiger charge is 2.22. The molecule has 0 saturated carbocycles. The van der Waals surface area contributed by atoms with Gasteiger partial charge in [0.25, 0.3) is 0 Å². The van der Waals surface area contributed by atoms with E-state index in [4.69, 9.17) is 61.3 Å². The zero-order chi connectivity index (χ0) is 42.4. The summed E-state index contributed by atoms with van der Waals surface area (Å²) in [5.74, 6) is 3.44. The van der Waals surface area contributed by atoms with Crippen molar-refractivity contribution in [3.8, 4) is 12.3 Å². The van der Waals surface area contributed by atoms with Gasteiger partial charge in [-0.25, -0.2) is 21.5 Å². The Bertz CT molecular complexity index is 1420. The molecule has 0 atom stereocenters. The highest BCUT2D eigenvalue weighted by molar-refractivity contribution is 7.91. The fourth-order valence-electron chi connectivity index (χ4n) is 4.69. The van der Waals surface area contributed by atoms with Crippen molar-refractivity contribution < 1.29 is 54.7 Å². The first kappa shape index (κ1) is 59.5. The van der Waals surface area contributed by atoms with Gasteiger partial charge in [0.15, 0.2) is 19.7 Å². The number of azide groups is 1. The first-order valence-electron chi connectivity index (χ1n) is 19.4. The molecule has 3 heterocycles. The van der Waals surface area contributed by atoms with E-state index < -0.39 is 19.7 Å². The minimum atomic E-state index is -2.86. The van der Waals surface area contributed by atoms with Crippen LogP contribution in [0.25, 0.3) is 10.4 Å². The Labute approximate surface area is 358 Å². The lowest BCUT2D eigenvalue weighted by Crippen LogP contribution is -2.40. The highest BCUT2D eigenvalue weighted by Crippen LogP contribution is 2.08. The number of aromatic nitrogens is 3. The maximum atomic E-state index is 11.5. The third-order valence-electron chi connectivity index (χ3n) is 7.78. The van der Waals surface area contributed by atoms with Crippen LogP contribution in [0.4, 0.5) is 0 Å². The van der Waals surface area contributed by atoms with Gasteiger partial charge in [0.2, 0.25) is 0 Å². The normalized spacial score (nSPS) is 15.8. The predicted molar refractivity (Wildman–Crippen MR) is 230 cm³/mol. The van der Waals surface area contributed by atoms with Gasteiger partial charge in [0.1, 0.15) is 0 Å². The van der Waals surface area contributed by atoms with Gasteiger partial charge in [-0.1, -0.05) is 31.1 Å². The zero-order valence-corrected chi connectivity index (χ0v) is 35.4. The smallest absolute Gasteiger partial charge is 0.152 e. The standard InChI is InChI=1S/C17H33N5O6S.C10H22N4O4.C7H11NO2S.2CH4/c18-1-5-25-7-9-27-11-12-28-10-8-26-6-2-22-16-17(19-20-22)15-21-3-13-29(23,24)14-4-21;11-1-3-15-5-7-17-9-10-18-8-6-16-4-2-13-14-12;1-2-3-8-4-6-11(9,10)7-5-8;;/h16H,1-15,18H2;1-11H2;1H,3-7H2;2*1H4. The van der Waals surface area contributed by atoms with Gasteiger partial charge >= 0.3 is 0 Å². The lowest BCUT2D eigenvalue weighted by Gasteiger charge is -2.25. The summed E-state index contributed by atoms with van der Waals surface area (Å²) in [5, 5.41) is 11.6. The topological polar surface area (TPSA) is 280 Å². The predicted octanol–water partition coefficient (Wildman–Crippen LogP) is -0.522. The van der Waals surface area contributed by atoms with Crippen molar-refractivity contribution in [1.82, 2.24) is 24.8 Å². The van der Waals surface area contributed by atoms with Crippen LogP contribution in [0.2, 0.25) is 0 Å². The van der Waals surface area contributed by atoms with Crippen LogP contribution in [-0.4, -0.2) is 223 Å². The number of ether oxygens (including phenoxy) is 8. The fourth-order valence-corrected chi connectivity index (χ4v) is 7.25. The van der Waals surface area contributed by atoms with E-state index in [0.717, 1.165) is 5.69 Å². The van der Waals surface area contributed by atoms with Crippen molar-refractivity contribution in [2.75, 3.05) is 181 Å². The van der Waals surface area contributed by atoms with Crippen LogP contribution in [0, 0.1) is 12.3 Å². The average Bonchev–Trinajstić information content (AvgIpc) is 3.66. The number of hydrogen-bond acceptors (Lipinski definition) is 19. The molecule has 22 nitrogen and oxygen atoms in total. The molecule has 0 aliphatic carbocycles. The van der Waals surface area contributed by atoms with Crippen molar-refractivity contribution in [3.05, 3.63) is 22.3 Å². The lowest BCUT2D eigenvalue weighted by atomic mass is 10.4. The zero-order valence-electron chi connectivity index (χ0n) is 33.8. The summed E-state index contributed by atoms with van der Waals surface area (Å²) in [4.78, 5) is 6.67. The largest absolute Gasteiger partial charge is 0.379 e. The van der Waals surface area contributed by atoms with Crippen molar-refractivity contribution in [1.29, 1.82) is 0 Å². The van der Waals surface area contributed by atoms with Crippen molar-refractivity contribution in [3.63, 3.8) is 0 Å². The number of rotatable bonds is 31. The van der Waals surface area contributed by atoms with E-state index >= 15 is 0 Å². The van der Waals surface area contributed by atoms with Gasteiger partial charge in [0.05, 0.1) is 148 Å². The molecule has 0 unspecified atom stereocenters. The number of hydrogen-bond donors (Lipinski definition) is 2. The minimum absolute atomic E-state index is 0. The summed E-state index contributed by atoms with van der Waals surface area (Å²) in [6.07, 6.45) is 6.96. The van der Waals surface area contributed by atoms with Gasteiger partial charge in [-0.15, -0.1) is 11.5 Å². The molecule has 2 aliphatic heterocycles. The third kappa shape index (κ3) is 36.1. The number of sulfone groups is 2. The first-order valence-corrected chi connectivity index (χ1v) is 23.0. The van der Waals surface area contributed by atoms with Crippen molar-refractivity contribution >= 4 is 19.7 Å². The van der Waals surface area contributed by atoms with Crippen LogP contribution in [-0.2, 0) is 70.7 Å². The van der Waals surface area contributed by atoms with Gasteiger partial charge < -0.3 is 49.4 Å². The summed E-state index contributed by atoms with van der Waals surface area (Å²) in [6.45, 7) is 13.8. The molecule has 24 heteroatoms. The summed E-state index contributed by atoms with van der Waals surface area (Å²) in [7, 11) is -5.60. The number of terminal acetylenes is 1. The SMILES string of the molecule is C.C.C#CCN1CCS(=O)(=O)CC1.NCCOCCOCCOCCOCCn1cc(CN2CCS(=O)(=O)CC2)nn1.[N-]=[N+]=NCCOCCOCCOCCOCCN. The number of nitrogens with two attached hydrogens (primary N) is 2. The molecule has 0 aromatic carbocycles. The van der Waals surface area contributed by atoms with Crippen LogP contribution in [0.15, 0.2) is 11.3 Å². The molecule has 60 heavy (non-hydrogen) atoms. The van der Waals surface area contributed by atoms with E-state index in [1.807, 2.05) is 11.1 Å². The van der Waals surface area contributed by atoms with Gasteiger partial charge in [-0.3, -0.25) is 9.80 Å².